The summed E-state index contributed by atoms with van der Waals surface area (Å²) >= 11 is 0. The van der Waals surface area contributed by atoms with Crippen molar-refractivity contribution in [3.63, 3.8) is 0 Å². The summed E-state index contributed by atoms with van der Waals surface area (Å²) in [5.74, 6) is -0.322. The van der Waals surface area contributed by atoms with Gasteiger partial charge in [0.15, 0.2) is 0 Å². The van der Waals surface area contributed by atoms with Crippen molar-refractivity contribution < 1.29 is 4.39 Å². The van der Waals surface area contributed by atoms with Crippen molar-refractivity contribution in [2.45, 2.75) is 39.8 Å². The molecule has 0 aliphatic rings. The summed E-state index contributed by atoms with van der Waals surface area (Å²) in [5.41, 5.74) is 6.88. The number of para-hydroxylation sites is 1. The van der Waals surface area contributed by atoms with Crippen LogP contribution in [0.25, 0.3) is 0 Å². The van der Waals surface area contributed by atoms with Gasteiger partial charge in [0, 0.05) is 12.6 Å². The zero-order valence-corrected chi connectivity index (χ0v) is 10.3. The molecule has 1 rings (SSSR count). The number of hydrogen-bond acceptors (Lipinski definition) is 2. The Balaban J connectivity index is 2.82. The molecule has 0 aliphatic carbocycles. The lowest BCUT2D eigenvalue weighted by atomic mass is 10.1. The molecule has 0 radical (unpaired) electrons. The zero-order chi connectivity index (χ0) is 12.1. The first-order chi connectivity index (χ1) is 7.60. The van der Waals surface area contributed by atoms with Crippen LogP contribution in [-0.2, 0) is 6.54 Å². The van der Waals surface area contributed by atoms with Crippen molar-refractivity contribution >= 4 is 5.69 Å². The van der Waals surface area contributed by atoms with Gasteiger partial charge in [-0.25, -0.2) is 4.39 Å². The molecule has 2 N–H and O–H groups in total. The predicted octanol–water partition coefficient (Wildman–Crippen LogP) is 3.03. The van der Waals surface area contributed by atoms with Gasteiger partial charge >= 0.3 is 0 Å². The van der Waals surface area contributed by atoms with E-state index in [4.69, 9.17) is 5.73 Å². The number of anilines is 1. The van der Waals surface area contributed by atoms with Gasteiger partial charge in [-0.3, -0.25) is 4.90 Å². The lowest BCUT2D eigenvalue weighted by molar-refractivity contribution is 0.206. The van der Waals surface area contributed by atoms with Crippen LogP contribution in [0.3, 0.4) is 0 Å². The summed E-state index contributed by atoms with van der Waals surface area (Å²) in [6.07, 6.45) is 1.09. The third kappa shape index (κ3) is 2.95. The average Bonchev–Trinajstić information content (AvgIpc) is 2.30. The van der Waals surface area contributed by atoms with Gasteiger partial charge in [-0.15, -0.1) is 0 Å². The number of nitrogens with zero attached hydrogens (tertiary/aromatic N) is 1. The molecular weight excluding hydrogens is 203 g/mol. The molecule has 1 aromatic rings. The van der Waals surface area contributed by atoms with Crippen LogP contribution in [0.4, 0.5) is 10.1 Å². The number of nitrogen functional groups attached to an aromatic ring is 1. The summed E-state index contributed by atoms with van der Waals surface area (Å²) in [5, 5.41) is 0. The third-order valence-corrected chi connectivity index (χ3v) is 3.14. The van der Waals surface area contributed by atoms with E-state index in [1.807, 2.05) is 6.07 Å². The second-order valence-corrected chi connectivity index (χ2v) is 4.13. The summed E-state index contributed by atoms with van der Waals surface area (Å²) in [4.78, 5) is 2.30. The molecule has 0 bridgehead atoms. The Morgan fingerprint density at radius 3 is 2.62 bits per heavy atom. The van der Waals surface area contributed by atoms with Crippen LogP contribution < -0.4 is 5.73 Å². The first-order valence-electron chi connectivity index (χ1n) is 5.87. The quantitative estimate of drug-likeness (QED) is 0.779. The second kappa shape index (κ2) is 5.85. The molecule has 2 nitrogen and oxygen atoms in total. The van der Waals surface area contributed by atoms with Crippen LogP contribution in [-0.4, -0.2) is 17.5 Å². The van der Waals surface area contributed by atoms with E-state index < -0.39 is 0 Å². The maximum Gasteiger partial charge on any atom is 0.146 e. The molecule has 90 valence electrons. The van der Waals surface area contributed by atoms with Crippen molar-refractivity contribution in [1.82, 2.24) is 4.90 Å². The standard InChI is InChI=1S/C13H21FN2/c1-4-10(3)16(5-2)9-11-7-6-8-12(14)13(11)15/h6-8,10H,4-5,9,15H2,1-3H3. The smallest absolute Gasteiger partial charge is 0.146 e. The summed E-state index contributed by atoms with van der Waals surface area (Å²) < 4.78 is 13.3. The summed E-state index contributed by atoms with van der Waals surface area (Å²) in [6, 6.07) is 5.50. The molecule has 3 heteroatoms. The number of hydrogen-bond donors (Lipinski definition) is 1. The predicted molar refractivity (Wildman–Crippen MR) is 66.6 cm³/mol. The molecule has 0 saturated heterocycles. The maximum absolute atomic E-state index is 13.3. The van der Waals surface area contributed by atoms with Crippen molar-refractivity contribution in [3.8, 4) is 0 Å². The fourth-order valence-corrected chi connectivity index (χ4v) is 1.78. The van der Waals surface area contributed by atoms with Crippen LogP contribution in [0.5, 0.6) is 0 Å². The molecule has 16 heavy (non-hydrogen) atoms. The van der Waals surface area contributed by atoms with Gasteiger partial charge in [-0.1, -0.05) is 26.0 Å². The van der Waals surface area contributed by atoms with Crippen molar-refractivity contribution in [1.29, 1.82) is 0 Å². The van der Waals surface area contributed by atoms with E-state index in [0.29, 0.717) is 6.04 Å². The highest BCUT2D eigenvalue weighted by Crippen LogP contribution is 2.19. The van der Waals surface area contributed by atoms with Crippen LogP contribution in [0.2, 0.25) is 0 Å². The highest BCUT2D eigenvalue weighted by molar-refractivity contribution is 5.47. The minimum Gasteiger partial charge on any atom is -0.396 e. The molecule has 1 atom stereocenters. The molecule has 0 heterocycles. The SMILES string of the molecule is CCC(C)N(CC)Cc1cccc(F)c1N. The fourth-order valence-electron chi connectivity index (χ4n) is 1.78. The van der Waals surface area contributed by atoms with Crippen molar-refractivity contribution in [2.24, 2.45) is 0 Å². The van der Waals surface area contributed by atoms with Gasteiger partial charge in [0.1, 0.15) is 5.82 Å². The van der Waals surface area contributed by atoms with Crippen LogP contribution in [0, 0.1) is 5.82 Å². The highest BCUT2D eigenvalue weighted by Gasteiger charge is 2.13. The number of halogens is 1. The summed E-state index contributed by atoms with van der Waals surface area (Å²) in [7, 11) is 0. The largest absolute Gasteiger partial charge is 0.396 e. The number of nitrogens with two attached hydrogens (primary N) is 1. The Morgan fingerprint density at radius 1 is 1.38 bits per heavy atom. The molecule has 0 saturated carbocycles. The Labute approximate surface area is 97.3 Å². The average molecular weight is 224 g/mol. The van der Waals surface area contributed by atoms with Crippen LogP contribution in [0.1, 0.15) is 32.8 Å². The normalized spacial score (nSPS) is 13.1. The molecule has 0 aliphatic heterocycles. The van der Waals surface area contributed by atoms with Gasteiger partial charge in [0.25, 0.3) is 0 Å². The minimum absolute atomic E-state index is 0.282. The Hall–Kier alpha value is -1.09. The molecule has 0 fully saturated rings. The van der Waals surface area contributed by atoms with Crippen LogP contribution >= 0.6 is 0 Å². The van der Waals surface area contributed by atoms with Crippen molar-refractivity contribution in [3.05, 3.63) is 29.6 Å². The number of rotatable bonds is 5. The third-order valence-electron chi connectivity index (χ3n) is 3.14. The van der Waals surface area contributed by atoms with Gasteiger partial charge in [0.05, 0.1) is 5.69 Å². The first kappa shape index (κ1) is 13.0. The van der Waals surface area contributed by atoms with E-state index >= 15 is 0 Å². The fraction of sp³-hybridized carbons (Fsp3) is 0.538. The topological polar surface area (TPSA) is 29.3 Å². The second-order valence-electron chi connectivity index (χ2n) is 4.13. The Bertz CT molecular complexity index is 339. The highest BCUT2D eigenvalue weighted by atomic mass is 19.1. The van der Waals surface area contributed by atoms with Gasteiger partial charge < -0.3 is 5.73 Å². The van der Waals surface area contributed by atoms with E-state index in [9.17, 15) is 4.39 Å². The number of benzene rings is 1. The maximum atomic E-state index is 13.3. The zero-order valence-electron chi connectivity index (χ0n) is 10.3. The van der Waals surface area contributed by atoms with E-state index in [-0.39, 0.29) is 11.5 Å². The molecule has 0 amide bonds. The Kier molecular flexibility index (Phi) is 4.74. The summed E-state index contributed by atoms with van der Waals surface area (Å²) in [6.45, 7) is 8.11. The lowest BCUT2D eigenvalue weighted by Crippen LogP contribution is -2.32. The van der Waals surface area contributed by atoms with Crippen LogP contribution in [0.15, 0.2) is 18.2 Å². The van der Waals surface area contributed by atoms with Gasteiger partial charge in [0.2, 0.25) is 0 Å². The van der Waals surface area contributed by atoms with E-state index in [1.54, 1.807) is 6.07 Å². The lowest BCUT2D eigenvalue weighted by Gasteiger charge is -2.27. The Morgan fingerprint density at radius 2 is 2.06 bits per heavy atom. The minimum atomic E-state index is -0.322. The molecule has 1 aromatic carbocycles. The molecule has 0 aromatic heterocycles. The van der Waals surface area contributed by atoms with E-state index in [1.165, 1.54) is 6.07 Å². The molecule has 1 unspecified atom stereocenters. The molecule has 0 spiro atoms. The van der Waals surface area contributed by atoms with E-state index in [0.717, 1.165) is 25.1 Å². The van der Waals surface area contributed by atoms with Crippen molar-refractivity contribution in [2.75, 3.05) is 12.3 Å². The molecular formula is C13H21FN2. The van der Waals surface area contributed by atoms with Gasteiger partial charge in [-0.05, 0) is 31.5 Å². The first-order valence-corrected chi connectivity index (χ1v) is 5.87. The van der Waals surface area contributed by atoms with E-state index in [2.05, 4.69) is 25.7 Å². The van der Waals surface area contributed by atoms with Gasteiger partial charge in [-0.2, -0.15) is 0 Å². The monoisotopic (exact) mass is 224 g/mol.